The van der Waals surface area contributed by atoms with Crippen molar-refractivity contribution in [1.29, 1.82) is 0 Å². The van der Waals surface area contributed by atoms with E-state index in [1.54, 1.807) is 27.7 Å². The number of hydrogen-bond acceptors (Lipinski definition) is 6. The Kier molecular flexibility index (Phi) is 24.5. The zero-order valence-electron chi connectivity index (χ0n) is 62.2. The van der Waals surface area contributed by atoms with E-state index in [-0.39, 0.29) is 91.5 Å². The van der Waals surface area contributed by atoms with Gasteiger partial charge in [-0.2, -0.15) is 39.5 Å². The Balaban J connectivity index is 0.000000309. The molecule has 6 aromatic carbocycles. The van der Waals surface area contributed by atoms with Gasteiger partial charge < -0.3 is 30.6 Å². The molecule has 0 fully saturated rings. The third-order valence-corrected chi connectivity index (χ3v) is 19.1. The van der Waals surface area contributed by atoms with Crippen molar-refractivity contribution in [3.8, 4) is 34.5 Å². The normalized spacial score (nSPS) is 13.4. The highest BCUT2D eigenvalue weighted by molar-refractivity contribution is 5.64. The molecule has 0 radical (unpaired) electrons. The van der Waals surface area contributed by atoms with Crippen molar-refractivity contribution in [2.24, 2.45) is 0 Å². The van der Waals surface area contributed by atoms with Crippen LogP contribution < -0.4 is 0 Å². The largest absolute Gasteiger partial charge is 0.508 e. The van der Waals surface area contributed by atoms with Crippen LogP contribution in [0, 0.1) is 0 Å². The number of alkyl halides is 9. The highest BCUT2D eigenvalue weighted by atomic mass is 19.4. The number of halogens is 9. The fourth-order valence-electron chi connectivity index (χ4n) is 14.1. The second-order valence-corrected chi connectivity index (χ2v) is 32.0. The number of aryl methyl sites for hydroxylation is 4. The van der Waals surface area contributed by atoms with E-state index in [2.05, 4.69) is 0 Å². The maximum absolute atomic E-state index is 15.8. The summed E-state index contributed by atoms with van der Waals surface area (Å²) >= 11 is 0. The average Bonchev–Trinajstić information content (AvgIpc) is 0.716. The summed E-state index contributed by atoms with van der Waals surface area (Å²) in [6.07, 6.45) is -12.3. The highest BCUT2D eigenvalue weighted by Gasteiger charge is 2.61. The minimum absolute atomic E-state index is 0.0147. The van der Waals surface area contributed by atoms with E-state index in [9.17, 15) is 43.8 Å². The van der Waals surface area contributed by atoms with Crippen LogP contribution in [-0.4, -0.2) is 49.2 Å². The monoisotopic (exact) mass is 1350 g/mol. The van der Waals surface area contributed by atoms with E-state index in [0.29, 0.717) is 92.4 Å². The first-order valence-electron chi connectivity index (χ1n) is 33.7. The molecule has 0 saturated carbocycles. The standard InChI is InChI=1S/C31H45F3O2.C27H37F3O2.C23H29F3O2/c1-26(2,3)20-14-18(35)15-21(27(4,5)6)24(20)30(13,31(32,33)34)25-22(28(7,8)9)16-19(36)17-23(25)29(10,11)12;1-14(2)20-10-18(31)11-21(15(3)4)24(20)26(9,27(28,29)30)25-22(16(5)6)12-19(32)13-23(25)17(7)8;1-6-14-10-18(27)11-15(7-2)20(14)22(5,23(24,25)26)21-16(8-3)12-19(28)13-17(21)9-4/h14-17,35-36H,1-13H3;10-17,31-32H,1-9H3;10-13,27-28H,6-9H2,1-5H3. The fourth-order valence-corrected chi connectivity index (χ4v) is 14.1. The van der Waals surface area contributed by atoms with Gasteiger partial charge in [0.15, 0.2) is 0 Å². The third kappa shape index (κ3) is 16.3. The summed E-state index contributed by atoms with van der Waals surface area (Å²) in [6.45, 7) is 48.3. The lowest BCUT2D eigenvalue weighted by molar-refractivity contribution is -0.174. The number of aromatic hydroxyl groups is 6. The molecule has 0 atom stereocenters. The van der Waals surface area contributed by atoms with Gasteiger partial charge in [0.05, 0.1) is 0 Å². The Morgan fingerprint density at radius 3 is 0.562 bits per heavy atom. The van der Waals surface area contributed by atoms with Crippen LogP contribution in [0.4, 0.5) is 39.5 Å². The quantitative estimate of drug-likeness (QED) is 0.0605. The lowest BCUT2D eigenvalue weighted by atomic mass is 9.60. The molecule has 0 bridgehead atoms. The van der Waals surface area contributed by atoms with E-state index < -0.39 is 56.4 Å². The first-order valence-corrected chi connectivity index (χ1v) is 33.7. The summed E-state index contributed by atoms with van der Waals surface area (Å²) in [5, 5.41) is 62.2. The lowest BCUT2D eigenvalue weighted by Gasteiger charge is -2.45. The SMILES string of the molecule is CC(C)(C)c1cc(O)cc(C(C)(C)C)c1C(C)(c1c(C(C)(C)C)cc(O)cc1C(C)(C)C)C(F)(F)F.CC(C)c1cc(O)cc(C(C)C)c1C(C)(c1c(C(C)C)cc(O)cc1C(C)C)C(F)(F)F.CCc1cc(O)cc(CC)c1C(C)(c1c(CC)cc(O)cc1CC)C(F)(F)F. The van der Waals surface area contributed by atoms with Crippen LogP contribution in [0.2, 0.25) is 0 Å². The summed E-state index contributed by atoms with van der Waals surface area (Å²) in [7, 11) is 0. The van der Waals surface area contributed by atoms with Gasteiger partial charge >= 0.3 is 18.5 Å². The minimum Gasteiger partial charge on any atom is -0.508 e. The van der Waals surface area contributed by atoms with Gasteiger partial charge in [-0.1, -0.05) is 166 Å². The van der Waals surface area contributed by atoms with Gasteiger partial charge in [-0.3, -0.25) is 0 Å². The number of phenols is 6. The van der Waals surface area contributed by atoms with Crippen LogP contribution in [-0.2, 0) is 63.6 Å². The van der Waals surface area contributed by atoms with Gasteiger partial charge in [-0.05, 0) is 265 Å². The zero-order chi connectivity index (χ0) is 74.5. The molecule has 6 N–H and O–H groups in total. The van der Waals surface area contributed by atoms with Crippen molar-refractivity contribution >= 4 is 0 Å². The molecule has 0 aliphatic rings. The predicted molar refractivity (Wildman–Crippen MR) is 375 cm³/mol. The van der Waals surface area contributed by atoms with Crippen molar-refractivity contribution in [3.63, 3.8) is 0 Å². The number of hydrogen-bond donors (Lipinski definition) is 6. The van der Waals surface area contributed by atoms with E-state index in [0.717, 1.165) is 0 Å². The molecule has 0 aliphatic carbocycles. The summed E-state index contributed by atoms with van der Waals surface area (Å²) in [4.78, 5) is 0. The zero-order valence-corrected chi connectivity index (χ0v) is 62.2. The molecule has 6 aromatic rings. The van der Waals surface area contributed by atoms with Gasteiger partial charge in [0, 0.05) is 0 Å². The molecule has 534 valence electrons. The molecule has 6 nitrogen and oxygen atoms in total. The lowest BCUT2D eigenvalue weighted by Crippen LogP contribution is -2.47. The van der Waals surface area contributed by atoms with E-state index in [1.807, 2.05) is 138 Å². The van der Waals surface area contributed by atoms with E-state index in [4.69, 9.17) is 0 Å². The first-order chi connectivity index (χ1) is 43.3. The van der Waals surface area contributed by atoms with Gasteiger partial charge in [-0.25, -0.2) is 0 Å². The molecule has 0 unspecified atom stereocenters. The Bertz CT molecular complexity index is 3330. The molecule has 0 saturated heterocycles. The number of rotatable bonds is 14. The molecular formula is C81H111F9O6. The van der Waals surface area contributed by atoms with Crippen molar-refractivity contribution in [2.75, 3.05) is 0 Å². The number of phenolic OH excluding ortho intramolecular Hbond substituents is 6. The third-order valence-electron chi connectivity index (χ3n) is 19.1. The Morgan fingerprint density at radius 1 is 0.250 bits per heavy atom. The minimum atomic E-state index is -4.68. The smallest absolute Gasteiger partial charge is 0.402 e. The van der Waals surface area contributed by atoms with Crippen molar-refractivity contribution in [2.45, 2.75) is 293 Å². The van der Waals surface area contributed by atoms with Crippen LogP contribution in [0.1, 0.15) is 311 Å². The predicted octanol–water partition coefficient (Wildman–Crippen LogP) is 23.8. The highest BCUT2D eigenvalue weighted by Crippen LogP contribution is 2.59. The Morgan fingerprint density at radius 2 is 0.406 bits per heavy atom. The second-order valence-electron chi connectivity index (χ2n) is 32.0. The van der Waals surface area contributed by atoms with Gasteiger partial charge in [-0.15, -0.1) is 0 Å². The molecule has 0 spiro atoms. The van der Waals surface area contributed by atoms with Crippen LogP contribution in [0.5, 0.6) is 34.5 Å². The molecule has 96 heavy (non-hydrogen) atoms. The topological polar surface area (TPSA) is 121 Å². The maximum atomic E-state index is 15.8. The Labute approximate surface area is 567 Å². The maximum Gasteiger partial charge on any atom is 0.402 e. The number of benzene rings is 6. The molecule has 0 aromatic heterocycles. The van der Waals surface area contributed by atoms with Crippen molar-refractivity contribution in [3.05, 3.63) is 173 Å². The molecule has 0 amide bonds. The molecule has 0 aliphatic heterocycles. The van der Waals surface area contributed by atoms with Crippen LogP contribution in [0.3, 0.4) is 0 Å². The molecule has 0 heterocycles. The average molecular weight is 1350 g/mol. The van der Waals surface area contributed by atoms with E-state index >= 15 is 26.3 Å². The molecule has 6 rings (SSSR count). The molecular weight excluding hydrogens is 1240 g/mol. The van der Waals surface area contributed by atoms with Crippen LogP contribution in [0.15, 0.2) is 72.8 Å². The molecule has 15 heteroatoms. The van der Waals surface area contributed by atoms with Gasteiger partial charge in [0.1, 0.15) is 50.7 Å². The van der Waals surface area contributed by atoms with Crippen molar-refractivity contribution in [1.82, 2.24) is 0 Å². The second kappa shape index (κ2) is 28.8. The van der Waals surface area contributed by atoms with Crippen LogP contribution >= 0.6 is 0 Å². The summed E-state index contributed by atoms with van der Waals surface area (Å²) in [5.41, 5.74) is -2.73. The first kappa shape index (κ1) is 81.9. The summed E-state index contributed by atoms with van der Waals surface area (Å²) in [5.74, 6) is -1.06. The van der Waals surface area contributed by atoms with Gasteiger partial charge in [0.2, 0.25) is 0 Å². The fraction of sp³-hybridized carbons (Fsp3) is 0.556. The van der Waals surface area contributed by atoms with Crippen molar-refractivity contribution < 1.29 is 70.2 Å². The summed E-state index contributed by atoms with van der Waals surface area (Å²) in [6, 6.07) is 17.6. The summed E-state index contributed by atoms with van der Waals surface area (Å²) < 4.78 is 138. The van der Waals surface area contributed by atoms with E-state index in [1.165, 1.54) is 93.6 Å². The van der Waals surface area contributed by atoms with Crippen LogP contribution in [0.25, 0.3) is 0 Å². The Hall–Kier alpha value is -6.51. The van der Waals surface area contributed by atoms with Gasteiger partial charge in [0.25, 0.3) is 0 Å².